The number of carbonyl (C=O) groups is 1. The molecule has 0 unspecified atom stereocenters. The lowest BCUT2D eigenvalue weighted by Gasteiger charge is -2.47. The molecule has 0 saturated carbocycles. The van der Waals surface area contributed by atoms with Gasteiger partial charge in [0, 0.05) is 17.9 Å². The van der Waals surface area contributed by atoms with E-state index >= 15 is 0 Å². The van der Waals surface area contributed by atoms with Crippen LogP contribution in [0.1, 0.15) is 45.8 Å². The van der Waals surface area contributed by atoms with Gasteiger partial charge in [0.05, 0.1) is 12.7 Å². The number of rotatable bonds is 3. The van der Waals surface area contributed by atoms with Crippen molar-refractivity contribution in [2.75, 3.05) is 6.61 Å². The summed E-state index contributed by atoms with van der Waals surface area (Å²) in [5, 5.41) is 0. The summed E-state index contributed by atoms with van der Waals surface area (Å²) in [5.74, 6) is 2.50. The average molecular weight is 314 g/mol. The van der Waals surface area contributed by atoms with E-state index in [1.54, 1.807) is 0 Å². The summed E-state index contributed by atoms with van der Waals surface area (Å²) in [6, 6.07) is 7.79. The number of hydrogen-bond acceptors (Lipinski definition) is 3. The fraction of sp³-hybridized carbons (Fsp3) is 0.550. The van der Waals surface area contributed by atoms with Crippen LogP contribution < -0.4 is 4.74 Å². The molecule has 0 amide bonds. The first kappa shape index (κ1) is 16.3. The molecule has 1 aromatic carbocycles. The van der Waals surface area contributed by atoms with E-state index in [-0.39, 0.29) is 12.1 Å². The van der Waals surface area contributed by atoms with E-state index in [4.69, 9.17) is 9.47 Å². The topological polar surface area (TPSA) is 35.5 Å². The standard InChI is InChI=1S/C20H26O3/c1-5-18(21)23-17-9-7-6-8-15(17)20-19-13(3)10-12(2)16(11-22-20)14(19)4/h6-10,12,14,16,19-20H,5,11H2,1-4H3/t12-,14+,16+,19-,20-/m0/s1. The Morgan fingerprint density at radius 3 is 2.78 bits per heavy atom. The molecule has 0 N–H and O–H groups in total. The maximum Gasteiger partial charge on any atom is 0.310 e. The lowest BCUT2D eigenvalue weighted by atomic mass is 9.64. The van der Waals surface area contributed by atoms with Gasteiger partial charge in [-0.2, -0.15) is 0 Å². The number of fused-ring (bicyclic) bond motifs is 2. The number of allylic oxidation sites excluding steroid dienone is 1. The Labute approximate surface area is 138 Å². The molecular weight excluding hydrogens is 288 g/mol. The van der Waals surface area contributed by atoms with E-state index in [9.17, 15) is 4.79 Å². The Kier molecular flexibility index (Phi) is 4.58. The molecule has 3 heteroatoms. The van der Waals surface area contributed by atoms with E-state index in [0.717, 1.165) is 12.2 Å². The van der Waals surface area contributed by atoms with E-state index in [1.165, 1.54) is 5.57 Å². The van der Waals surface area contributed by atoms with Gasteiger partial charge in [0.1, 0.15) is 5.75 Å². The van der Waals surface area contributed by atoms with Crippen LogP contribution >= 0.6 is 0 Å². The minimum absolute atomic E-state index is 0.0362. The molecular formula is C20H26O3. The molecule has 2 bridgehead atoms. The number of para-hydroxylation sites is 1. The molecule has 1 fully saturated rings. The zero-order valence-corrected chi connectivity index (χ0v) is 14.4. The molecule has 0 radical (unpaired) electrons. The van der Waals surface area contributed by atoms with Crippen LogP contribution in [0.4, 0.5) is 0 Å². The third-order valence-corrected chi connectivity index (χ3v) is 5.50. The molecule has 1 saturated heterocycles. The van der Waals surface area contributed by atoms with Crippen molar-refractivity contribution < 1.29 is 14.3 Å². The van der Waals surface area contributed by atoms with Crippen LogP contribution in [0, 0.1) is 23.7 Å². The number of benzene rings is 1. The van der Waals surface area contributed by atoms with Crippen molar-refractivity contribution in [3.8, 4) is 5.75 Å². The highest BCUT2D eigenvalue weighted by Crippen LogP contribution is 2.50. The van der Waals surface area contributed by atoms with Crippen molar-refractivity contribution >= 4 is 5.97 Å². The fourth-order valence-corrected chi connectivity index (χ4v) is 4.23. The number of ether oxygens (including phenoxy) is 2. The van der Waals surface area contributed by atoms with Gasteiger partial charge in [-0.15, -0.1) is 0 Å². The van der Waals surface area contributed by atoms with Crippen LogP contribution in [0.2, 0.25) is 0 Å². The minimum Gasteiger partial charge on any atom is -0.426 e. The molecule has 23 heavy (non-hydrogen) atoms. The summed E-state index contributed by atoms with van der Waals surface area (Å²) in [6.07, 6.45) is 2.73. The second-order valence-electron chi connectivity index (χ2n) is 6.94. The van der Waals surface area contributed by atoms with Crippen LogP contribution in [-0.4, -0.2) is 12.6 Å². The van der Waals surface area contributed by atoms with Gasteiger partial charge in [-0.05, 0) is 30.7 Å². The second-order valence-corrected chi connectivity index (χ2v) is 6.94. The van der Waals surface area contributed by atoms with Crippen molar-refractivity contribution in [2.45, 2.75) is 40.2 Å². The van der Waals surface area contributed by atoms with E-state index in [2.05, 4.69) is 26.8 Å². The SMILES string of the molecule is CCC(=O)Oc1ccccc1[C@@H]1OC[C@H]2[C@@H](C)[C@@H]1C(C)=C[C@@H]2C. The van der Waals surface area contributed by atoms with Gasteiger partial charge in [-0.25, -0.2) is 0 Å². The van der Waals surface area contributed by atoms with Crippen molar-refractivity contribution in [3.63, 3.8) is 0 Å². The molecule has 2 aliphatic rings. The van der Waals surface area contributed by atoms with Crippen LogP contribution in [0.15, 0.2) is 35.9 Å². The van der Waals surface area contributed by atoms with Gasteiger partial charge in [-0.3, -0.25) is 4.79 Å². The van der Waals surface area contributed by atoms with E-state index < -0.39 is 0 Å². The van der Waals surface area contributed by atoms with Crippen molar-refractivity contribution in [2.24, 2.45) is 23.7 Å². The van der Waals surface area contributed by atoms with E-state index in [1.807, 2.05) is 31.2 Å². The summed E-state index contributed by atoms with van der Waals surface area (Å²) < 4.78 is 11.8. The Hall–Kier alpha value is -1.61. The van der Waals surface area contributed by atoms with Crippen molar-refractivity contribution in [3.05, 3.63) is 41.5 Å². The summed E-state index contributed by atoms with van der Waals surface area (Å²) >= 11 is 0. The van der Waals surface area contributed by atoms with E-state index in [0.29, 0.717) is 35.8 Å². The van der Waals surface area contributed by atoms with Gasteiger partial charge >= 0.3 is 5.97 Å². The number of hydrogen-bond donors (Lipinski definition) is 0. The van der Waals surface area contributed by atoms with Gasteiger partial charge < -0.3 is 9.47 Å². The molecule has 3 nitrogen and oxygen atoms in total. The molecule has 5 atom stereocenters. The molecule has 0 spiro atoms. The lowest BCUT2D eigenvalue weighted by molar-refractivity contribution is -0.134. The smallest absolute Gasteiger partial charge is 0.310 e. The monoisotopic (exact) mass is 314 g/mol. The van der Waals surface area contributed by atoms with Crippen LogP contribution in [0.25, 0.3) is 0 Å². The highest BCUT2D eigenvalue weighted by Gasteiger charge is 2.44. The summed E-state index contributed by atoms with van der Waals surface area (Å²) in [6.45, 7) is 9.39. The Balaban J connectivity index is 1.96. The molecule has 1 aliphatic carbocycles. The lowest BCUT2D eigenvalue weighted by Crippen LogP contribution is -2.42. The normalized spacial score (nSPS) is 33.0. The highest BCUT2D eigenvalue weighted by molar-refractivity contribution is 5.72. The van der Waals surface area contributed by atoms with Gasteiger partial charge in [0.15, 0.2) is 0 Å². The Morgan fingerprint density at radius 2 is 2.04 bits per heavy atom. The first-order chi connectivity index (χ1) is 11.0. The Morgan fingerprint density at radius 1 is 1.30 bits per heavy atom. The third kappa shape index (κ3) is 2.94. The molecule has 3 rings (SSSR count). The molecule has 1 aliphatic heterocycles. The molecule has 1 aromatic rings. The molecule has 1 heterocycles. The predicted molar refractivity (Wildman–Crippen MR) is 90.1 cm³/mol. The van der Waals surface area contributed by atoms with Crippen molar-refractivity contribution in [1.29, 1.82) is 0 Å². The molecule has 0 aromatic heterocycles. The quantitative estimate of drug-likeness (QED) is 0.467. The van der Waals surface area contributed by atoms with Gasteiger partial charge in [0.25, 0.3) is 0 Å². The first-order valence-electron chi connectivity index (χ1n) is 8.62. The summed E-state index contributed by atoms with van der Waals surface area (Å²) in [5.41, 5.74) is 2.38. The number of carbonyl (C=O) groups excluding carboxylic acids is 1. The first-order valence-corrected chi connectivity index (χ1v) is 8.62. The summed E-state index contributed by atoms with van der Waals surface area (Å²) in [7, 11) is 0. The maximum atomic E-state index is 11.7. The predicted octanol–water partition coefficient (Wildman–Crippen LogP) is 4.54. The Bertz CT molecular complexity index is 619. The van der Waals surface area contributed by atoms with Crippen LogP contribution in [0.5, 0.6) is 5.75 Å². The second kappa shape index (κ2) is 6.48. The third-order valence-electron chi connectivity index (χ3n) is 5.50. The largest absolute Gasteiger partial charge is 0.426 e. The number of esters is 1. The highest BCUT2D eigenvalue weighted by atomic mass is 16.5. The maximum absolute atomic E-state index is 11.7. The van der Waals surface area contributed by atoms with Crippen molar-refractivity contribution in [1.82, 2.24) is 0 Å². The van der Waals surface area contributed by atoms with Gasteiger partial charge in [-0.1, -0.05) is 50.6 Å². The summed E-state index contributed by atoms with van der Waals surface area (Å²) in [4.78, 5) is 11.7. The average Bonchev–Trinajstić information content (AvgIpc) is 2.53. The molecule has 124 valence electrons. The van der Waals surface area contributed by atoms with Crippen LogP contribution in [-0.2, 0) is 9.53 Å². The zero-order chi connectivity index (χ0) is 16.6. The fourth-order valence-electron chi connectivity index (χ4n) is 4.23. The van der Waals surface area contributed by atoms with Gasteiger partial charge in [0.2, 0.25) is 0 Å². The minimum atomic E-state index is -0.205. The van der Waals surface area contributed by atoms with Crippen LogP contribution in [0.3, 0.4) is 0 Å². The zero-order valence-electron chi connectivity index (χ0n) is 14.4.